The lowest BCUT2D eigenvalue weighted by Gasteiger charge is -2.32. The summed E-state index contributed by atoms with van der Waals surface area (Å²) in [5.41, 5.74) is 6.28. The van der Waals surface area contributed by atoms with E-state index in [9.17, 15) is 4.79 Å². The van der Waals surface area contributed by atoms with Crippen molar-refractivity contribution < 1.29 is 4.79 Å². The van der Waals surface area contributed by atoms with Crippen LogP contribution in [0.5, 0.6) is 0 Å². The standard InChI is InChI=1S/C12H15N3OS.ClH/c1-8-12(16)15(7-6-11(13)14)9-4-2-3-5-10(9)17-8;/h2-5,8H,6-7H2,1H3,(H3,13,14);1H. The van der Waals surface area contributed by atoms with Gasteiger partial charge in [-0.2, -0.15) is 0 Å². The third-order valence-corrected chi connectivity index (χ3v) is 3.83. The molecule has 1 amide bonds. The zero-order chi connectivity index (χ0) is 12.4. The van der Waals surface area contributed by atoms with Gasteiger partial charge >= 0.3 is 0 Å². The van der Waals surface area contributed by atoms with Gasteiger partial charge in [0, 0.05) is 17.9 Å². The van der Waals surface area contributed by atoms with Crippen LogP contribution >= 0.6 is 24.2 Å². The lowest BCUT2D eigenvalue weighted by atomic mass is 10.2. The molecule has 0 fully saturated rings. The van der Waals surface area contributed by atoms with E-state index in [0.717, 1.165) is 10.6 Å². The number of para-hydroxylation sites is 1. The van der Waals surface area contributed by atoms with Gasteiger partial charge in [-0.25, -0.2) is 0 Å². The fraction of sp³-hybridized carbons (Fsp3) is 0.333. The smallest absolute Gasteiger partial charge is 0.240 e. The molecule has 1 aliphatic heterocycles. The molecule has 1 unspecified atom stereocenters. The maximum atomic E-state index is 12.1. The van der Waals surface area contributed by atoms with Gasteiger partial charge in [0.05, 0.1) is 16.8 Å². The largest absolute Gasteiger partial charge is 0.388 e. The zero-order valence-electron chi connectivity index (χ0n) is 10.1. The van der Waals surface area contributed by atoms with Crippen molar-refractivity contribution in [2.75, 3.05) is 11.4 Å². The fourth-order valence-corrected chi connectivity index (χ4v) is 2.89. The van der Waals surface area contributed by atoms with Gasteiger partial charge in [-0.3, -0.25) is 10.2 Å². The summed E-state index contributed by atoms with van der Waals surface area (Å²) in [6, 6.07) is 7.84. The van der Waals surface area contributed by atoms with Crippen LogP contribution in [0.1, 0.15) is 13.3 Å². The molecule has 1 heterocycles. The quantitative estimate of drug-likeness (QED) is 0.661. The van der Waals surface area contributed by atoms with Gasteiger partial charge in [0.2, 0.25) is 5.91 Å². The monoisotopic (exact) mass is 285 g/mol. The van der Waals surface area contributed by atoms with Crippen LogP contribution in [0.3, 0.4) is 0 Å². The summed E-state index contributed by atoms with van der Waals surface area (Å²) in [6.07, 6.45) is 0.414. The summed E-state index contributed by atoms with van der Waals surface area (Å²) >= 11 is 1.58. The van der Waals surface area contributed by atoms with Crippen LogP contribution in [0.4, 0.5) is 5.69 Å². The van der Waals surface area contributed by atoms with E-state index in [4.69, 9.17) is 11.1 Å². The minimum absolute atomic E-state index is 0. The lowest BCUT2D eigenvalue weighted by Crippen LogP contribution is -2.41. The molecule has 0 radical (unpaired) electrons. The number of hydrogen-bond acceptors (Lipinski definition) is 3. The number of nitrogens with two attached hydrogens (primary N) is 1. The summed E-state index contributed by atoms with van der Waals surface area (Å²) in [4.78, 5) is 14.9. The number of hydrogen-bond donors (Lipinski definition) is 2. The first-order chi connectivity index (χ1) is 8.09. The van der Waals surface area contributed by atoms with Gasteiger partial charge in [0.1, 0.15) is 0 Å². The van der Waals surface area contributed by atoms with Gasteiger partial charge in [0.15, 0.2) is 0 Å². The average Bonchev–Trinajstić information content (AvgIpc) is 2.29. The molecular formula is C12H16ClN3OS. The molecule has 0 bridgehead atoms. The number of halogens is 1. The minimum Gasteiger partial charge on any atom is -0.388 e. The SMILES string of the molecule is CC1Sc2ccccc2N(CCC(=N)N)C1=O.Cl. The number of anilines is 1. The molecule has 0 aromatic heterocycles. The molecule has 0 aliphatic carbocycles. The van der Waals surface area contributed by atoms with Crippen molar-refractivity contribution in [1.82, 2.24) is 0 Å². The lowest BCUT2D eigenvalue weighted by molar-refractivity contribution is -0.118. The summed E-state index contributed by atoms with van der Waals surface area (Å²) in [5, 5.41) is 7.18. The number of amides is 1. The Kier molecular flexibility index (Phi) is 5.04. The number of amidine groups is 1. The van der Waals surface area contributed by atoms with Crippen LogP contribution < -0.4 is 10.6 Å². The highest BCUT2D eigenvalue weighted by Crippen LogP contribution is 2.38. The van der Waals surface area contributed by atoms with E-state index in [1.54, 1.807) is 16.7 Å². The van der Waals surface area contributed by atoms with E-state index < -0.39 is 0 Å². The van der Waals surface area contributed by atoms with Crippen molar-refractivity contribution in [3.05, 3.63) is 24.3 Å². The second kappa shape index (κ2) is 6.11. The van der Waals surface area contributed by atoms with Crippen molar-refractivity contribution in [3.63, 3.8) is 0 Å². The highest BCUT2D eigenvalue weighted by atomic mass is 35.5. The Morgan fingerprint density at radius 1 is 1.50 bits per heavy atom. The minimum atomic E-state index is -0.0724. The molecule has 6 heteroatoms. The number of benzene rings is 1. The third-order valence-electron chi connectivity index (χ3n) is 2.68. The van der Waals surface area contributed by atoms with Crippen LogP contribution in [0.2, 0.25) is 0 Å². The molecular weight excluding hydrogens is 270 g/mol. The maximum Gasteiger partial charge on any atom is 0.240 e. The first-order valence-electron chi connectivity index (χ1n) is 5.49. The molecule has 3 N–H and O–H groups in total. The Balaban J connectivity index is 0.00000162. The Hall–Kier alpha value is -1.20. The molecule has 1 aromatic rings. The van der Waals surface area contributed by atoms with E-state index >= 15 is 0 Å². The third kappa shape index (κ3) is 2.97. The van der Waals surface area contributed by atoms with Crippen molar-refractivity contribution >= 4 is 41.6 Å². The fourth-order valence-electron chi connectivity index (χ4n) is 1.82. The molecule has 98 valence electrons. The number of nitrogens with one attached hydrogen (secondary N) is 1. The van der Waals surface area contributed by atoms with Crippen LogP contribution in [-0.4, -0.2) is 23.5 Å². The summed E-state index contributed by atoms with van der Waals surface area (Å²) in [5.74, 6) is 0.205. The van der Waals surface area contributed by atoms with Crippen molar-refractivity contribution in [2.45, 2.75) is 23.5 Å². The molecule has 0 spiro atoms. The highest BCUT2D eigenvalue weighted by molar-refractivity contribution is 8.00. The summed E-state index contributed by atoms with van der Waals surface area (Å²) in [6.45, 7) is 2.39. The van der Waals surface area contributed by atoms with E-state index in [1.807, 2.05) is 31.2 Å². The maximum absolute atomic E-state index is 12.1. The number of rotatable bonds is 3. The molecule has 18 heavy (non-hydrogen) atoms. The van der Waals surface area contributed by atoms with E-state index in [0.29, 0.717) is 13.0 Å². The summed E-state index contributed by atoms with van der Waals surface area (Å²) in [7, 11) is 0. The summed E-state index contributed by atoms with van der Waals surface area (Å²) < 4.78 is 0. The molecule has 0 saturated heterocycles. The van der Waals surface area contributed by atoms with Gasteiger partial charge in [-0.05, 0) is 19.1 Å². The first-order valence-corrected chi connectivity index (χ1v) is 6.37. The number of thioether (sulfide) groups is 1. The van der Waals surface area contributed by atoms with Crippen LogP contribution in [0.25, 0.3) is 0 Å². The highest BCUT2D eigenvalue weighted by Gasteiger charge is 2.29. The van der Waals surface area contributed by atoms with Gasteiger partial charge in [-0.15, -0.1) is 24.2 Å². The molecule has 0 saturated carbocycles. The van der Waals surface area contributed by atoms with Crippen LogP contribution in [0, 0.1) is 5.41 Å². The number of carbonyl (C=O) groups is 1. The van der Waals surface area contributed by atoms with Crippen molar-refractivity contribution in [2.24, 2.45) is 5.73 Å². The Labute approximate surface area is 117 Å². The number of nitrogens with zero attached hydrogens (tertiary/aromatic N) is 1. The van der Waals surface area contributed by atoms with Crippen LogP contribution in [0.15, 0.2) is 29.2 Å². The first kappa shape index (κ1) is 14.9. The second-order valence-corrected chi connectivity index (χ2v) is 5.38. The van der Waals surface area contributed by atoms with Crippen LogP contribution in [-0.2, 0) is 4.79 Å². The molecule has 1 aromatic carbocycles. The normalized spacial score (nSPS) is 17.9. The predicted octanol–water partition coefficient (Wildman–Crippen LogP) is 2.26. The topological polar surface area (TPSA) is 70.2 Å². The number of fused-ring (bicyclic) bond motifs is 1. The Morgan fingerprint density at radius 3 is 2.83 bits per heavy atom. The second-order valence-electron chi connectivity index (χ2n) is 3.99. The Bertz CT molecular complexity index is 466. The number of carbonyl (C=O) groups excluding carboxylic acids is 1. The van der Waals surface area contributed by atoms with Gasteiger partial charge in [0.25, 0.3) is 0 Å². The molecule has 1 aliphatic rings. The molecule has 1 atom stereocenters. The average molecular weight is 286 g/mol. The zero-order valence-corrected chi connectivity index (χ0v) is 11.7. The van der Waals surface area contributed by atoms with E-state index in [2.05, 4.69) is 0 Å². The predicted molar refractivity (Wildman–Crippen MR) is 77.9 cm³/mol. The van der Waals surface area contributed by atoms with Gasteiger partial charge in [-0.1, -0.05) is 12.1 Å². The van der Waals surface area contributed by atoms with E-state index in [-0.39, 0.29) is 29.4 Å². The van der Waals surface area contributed by atoms with Gasteiger partial charge < -0.3 is 10.6 Å². The van der Waals surface area contributed by atoms with E-state index in [1.165, 1.54) is 0 Å². The van der Waals surface area contributed by atoms with Crippen molar-refractivity contribution in [3.8, 4) is 0 Å². The molecule has 4 nitrogen and oxygen atoms in total. The Morgan fingerprint density at radius 2 is 2.17 bits per heavy atom. The molecule has 2 rings (SSSR count). The van der Waals surface area contributed by atoms with Crippen molar-refractivity contribution in [1.29, 1.82) is 5.41 Å².